The fourth-order valence-corrected chi connectivity index (χ4v) is 2.96. The van der Waals surface area contributed by atoms with Crippen LogP contribution in [0.5, 0.6) is 0 Å². The molecule has 0 saturated carbocycles. The summed E-state index contributed by atoms with van der Waals surface area (Å²) < 4.78 is 0. The van der Waals surface area contributed by atoms with E-state index in [0.29, 0.717) is 6.04 Å². The zero-order chi connectivity index (χ0) is 13.2. The van der Waals surface area contributed by atoms with Gasteiger partial charge in [-0.15, -0.1) is 0 Å². The van der Waals surface area contributed by atoms with Crippen molar-refractivity contribution in [3.63, 3.8) is 0 Å². The van der Waals surface area contributed by atoms with Gasteiger partial charge in [0.2, 0.25) is 0 Å². The molecule has 1 atom stereocenters. The first-order valence-electron chi connectivity index (χ1n) is 6.82. The Balaban J connectivity index is 1.77. The molecule has 2 heteroatoms. The first-order chi connectivity index (χ1) is 9.22. The first-order valence-corrected chi connectivity index (χ1v) is 7.19. The Kier molecular flexibility index (Phi) is 3.48. The summed E-state index contributed by atoms with van der Waals surface area (Å²) in [6.07, 6.45) is 3.40. The monoisotopic (exact) mass is 271 g/mol. The molecule has 1 aliphatic carbocycles. The quantitative estimate of drug-likeness (QED) is 0.841. The summed E-state index contributed by atoms with van der Waals surface area (Å²) in [4.78, 5) is 0. The van der Waals surface area contributed by atoms with Gasteiger partial charge in [0.25, 0.3) is 0 Å². The topological polar surface area (TPSA) is 12.0 Å². The van der Waals surface area contributed by atoms with Crippen molar-refractivity contribution in [1.82, 2.24) is 0 Å². The summed E-state index contributed by atoms with van der Waals surface area (Å²) in [6, 6.07) is 15.4. The summed E-state index contributed by atoms with van der Waals surface area (Å²) in [6.45, 7) is 2.09. The van der Waals surface area contributed by atoms with Crippen LogP contribution in [0.4, 0.5) is 5.69 Å². The Morgan fingerprint density at radius 1 is 1.11 bits per heavy atom. The van der Waals surface area contributed by atoms with Crippen molar-refractivity contribution >= 4 is 17.3 Å². The van der Waals surface area contributed by atoms with Crippen molar-refractivity contribution in [1.29, 1.82) is 0 Å². The Hall–Kier alpha value is -1.47. The third kappa shape index (κ3) is 2.76. The summed E-state index contributed by atoms with van der Waals surface area (Å²) >= 11 is 6.25. The Morgan fingerprint density at radius 3 is 2.74 bits per heavy atom. The van der Waals surface area contributed by atoms with E-state index in [9.17, 15) is 0 Å². The van der Waals surface area contributed by atoms with Gasteiger partial charge in [-0.1, -0.05) is 41.9 Å². The molecule has 3 rings (SSSR count). The molecule has 0 spiro atoms. The lowest BCUT2D eigenvalue weighted by Gasteiger charge is -2.26. The SMILES string of the molecule is Cc1ccc(Cl)c(NC2CCc3ccccc3C2)c1. The van der Waals surface area contributed by atoms with Crippen LogP contribution < -0.4 is 5.32 Å². The number of halogens is 1. The molecule has 2 aromatic carbocycles. The predicted octanol–water partition coefficient (Wildman–Crippen LogP) is 4.62. The molecule has 0 aliphatic heterocycles. The van der Waals surface area contributed by atoms with E-state index in [4.69, 9.17) is 11.6 Å². The van der Waals surface area contributed by atoms with E-state index in [1.54, 1.807) is 0 Å². The van der Waals surface area contributed by atoms with Crippen LogP contribution in [0.15, 0.2) is 42.5 Å². The molecule has 1 N–H and O–H groups in total. The molecule has 0 fully saturated rings. The van der Waals surface area contributed by atoms with Crippen molar-refractivity contribution in [2.75, 3.05) is 5.32 Å². The number of benzene rings is 2. The van der Waals surface area contributed by atoms with E-state index in [1.807, 2.05) is 12.1 Å². The highest BCUT2D eigenvalue weighted by atomic mass is 35.5. The lowest BCUT2D eigenvalue weighted by atomic mass is 9.88. The maximum absolute atomic E-state index is 6.25. The Bertz CT molecular complexity index is 592. The summed E-state index contributed by atoms with van der Waals surface area (Å²) in [5, 5.41) is 4.41. The Morgan fingerprint density at radius 2 is 1.89 bits per heavy atom. The minimum absolute atomic E-state index is 0.481. The number of aryl methyl sites for hydroxylation is 2. The molecule has 0 bridgehead atoms. The second-order valence-electron chi connectivity index (χ2n) is 5.34. The third-order valence-electron chi connectivity index (χ3n) is 3.83. The van der Waals surface area contributed by atoms with Crippen molar-refractivity contribution in [3.05, 3.63) is 64.2 Å². The van der Waals surface area contributed by atoms with E-state index < -0.39 is 0 Å². The van der Waals surface area contributed by atoms with Gasteiger partial charge in [0.15, 0.2) is 0 Å². The molecular formula is C17H18ClN. The molecule has 2 aromatic rings. The number of hydrogen-bond acceptors (Lipinski definition) is 1. The molecule has 19 heavy (non-hydrogen) atoms. The van der Waals surface area contributed by atoms with Gasteiger partial charge >= 0.3 is 0 Å². The number of rotatable bonds is 2. The van der Waals surface area contributed by atoms with Gasteiger partial charge in [0, 0.05) is 6.04 Å². The van der Waals surface area contributed by atoms with E-state index in [2.05, 4.69) is 42.6 Å². The highest BCUT2D eigenvalue weighted by Crippen LogP contribution is 2.27. The van der Waals surface area contributed by atoms with Crippen molar-refractivity contribution in [2.45, 2.75) is 32.2 Å². The molecule has 0 amide bonds. The maximum atomic E-state index is 6.25. The predicted molar refractivity (Wildman–Crippen MR) is 82.1 cm³/mol. The van der Waals surface area contributed by atoms with Crippen LogP contribution in [0.2, 0.25) is 5.02 Å². The molecule has 0 aromatic heterocycles. The lowest BCUT2D eigenvalue weighted by Crippen LogP contribution is -2.27. The number of anilines is 1. The minimum atomic E-state index is 0.481. The number of nitrogens with one attached hydrogen (secondary N) is 1. The fraction of sp³-hybridized carbons (Fsp3) is 0.294. The standard InChI is InChI=1S/C17H18ClN/c1-12-6-9-16(18)17(10-12)19-15-8-7-13-4-2-3-5-14(13)11-15/h2-6,9-10,15,19H,7-8,11H2,1H3. The maximum Gasteiger partial charge on any atom is 0.0637 e. The molecule has 1 aliphatic rings. The highest BCUT2D eigenvalue weighted by Gasteiger charge is 2.18. The van der Waals surface area contributed by atoms with Gasteiger partial charge in [0.05, 0.1) is 10.7 Å². The van der Waals surface area contributed by atoms with Crippen molar-refractivity contribution < 1.29 is 0 Å². The smallest absolute Gasteiger partial charge is 0.0637 e. The van der Waals surface area contributed by atoms with Crippen LogP contribution in [-0.4, -0.2) is 6.04 Å². The third-order valence-corrected chi connectivity index (χ3v) is 4.16. The molecule has 0 saturated heterocycles. The Labute approximate surface area is 119 Å². The van der Waals surface area contributed by atoms with E-state index in [-0.39, 0.29) is 0 Å². The van der Waals surface area contributed by atoms with Gasteiger partial charge in [-0.2, -0.15) is 0 Å². The molecule has 0 heterocycles. The second kappa shape index (κ2) is 5.26. The van der Waals surface area contributed by atoms with E-state index in [0.717, 1.165) is 23.6 Å². The van der Waals surface area contributed by atoms with Crippen LogP contribution in [-0.2, 0) is 12.8 Å². The van der Waals surface area contributed by atoms with E-state index >= 15 is 0 Å². The molecule has 98 valence electrons. The molecule has 0 radical (unpaired) electrons. The summed E-state index contributed by atoms with van der Waals surface area (Å²) in [5.41, 5.74) is 5.26. The molecule has 1 nitrogen and oxygen atoms in total. The minimum Gasteiger partial charge on any atom is -0.381 e. The van der Waals surface area contributed by atoms with Gasteiger partial charge in [0.1, 0.15) is 0 Å². The average molecular weight is 272 g/mol. The van der Waals surface area contributed by atoms with Gasteiger partial charge in [-0.3, -0.25) is 0 Å². The molecular weight excluding hydrogens is 254 g/mol. The average Bonchev–Trinajstić information content (AvgIpc) is 2.43. The first kappa shape index (κ1) is 12.6. The number of hydrogen-bond donors (Lipinski definition) is 1. The summed E-state index contributed by atoms with van der Waals surface area (Å²) in [5.74, 6) is 0. The normalized spacial score (nSPS) is 17.9. The van der Waals surface area contributed by atoms with Crippen LogP contribution >= 0.6 is 11.6 Å². The zero-order valence-corrected chi connectivity index (χ0v) is 11.9. The van der Waals surface area contributed by atoms with E-state index in [1.165, 1.54) is 23.1 Å². The zero-order valence-electron chi connectivity index (χ0n) is 11.1. The fourth-order valence-electron chi connectivity index (χ4n) is 2.79. The van der Waals surface area contributed by atoms with Crippen LogP contribution in [0.3, 0.4) is 0 Å². The lowest BCUT2D eigenvalue weighted by molar-refractivity contribution is 0.611. The van der Waals surface area contributed by atoms with Crippen molar-refractivity contribution in [2.24, 2.45) is 0 Å². The van der Waals surface area contributed by atoms with Crippen molar-refractivity contribution in [3.8, 4) is 0 Å². The second-order valence-corrected chi connectivity index (χ2v) is 5.74. The van der Waals surface area contributed by atoms with Crippen LogP contribution in [0.1, 0.15) is 23.1 Å². The summed E-state index contributed by atoms with van der Waals surface area (Å²) in [7, 11) is 0. The van der Waals surface area contributed by atoms with Gasteiger partial charge < -0.3 is 5.32 Å². The van der Waals surface area contributed by atoms with Gasteiger partial charge in [-0.25, -0.2) is 0 Å². The number of fused-ring (bicyclic) bond motifs is 1. The van der Waals surface area contributed by atoms with Crippen LogP contribution in [0, 0.1) is 6.92 Å². The molecule has 1 unspecified atom stereocenters. The van der Waals surface area contributed by atoms with Gasteiger partial charge in [-0.05, 0) is 55.0 Å². The highest BCUT2D eigenvalue weighted by molar-refractivity contribution is 6.33. The largest absolute Gasteiger partial charge is 0.381 e. The van der Waals surface area contributed by atoms with Crippen LogP contribution in [0.25, 0.3) is 0 Å².